The third-order valence-electron chi connectivity index (χ3n) is 4.65. The second-order valence-electron chi connectivity index (χ2n) is 6.69. The fourth-order valence-corrected chi connectivity index (χ4v) is 3.09. The molecular weight excluding hydrogens is 378 g/mol. The Hall–Kier alpha value is -4.19. The largest absolute Gasteiger partial charge is 0.469 e. The van der Waals surface area contributed by atoms with Gasteiger partial charge in [-0.1, -0.05) is 42.5 Å². The van der Waals surface area contributed by atoms with Gasteiger partial charge in [0.2, 0.25) is 0 Å². The molecule has 0 unspecified atom stereocenters. The van der Waals surface area contributed by atoms with Gasteiger partial charge in [-0.3, -0.25) is 14.7 Å². The summed E-state index contributed by atoms with van der Waals surface area (Å²) in [5.41, 5.74) is 4.11. The summed E-state index contributed by atoms with van der Waals surface area (Å²) in [7, 11) is 0. The maximum Gasteiger partial charge on any atom is 0.259 e. The molecule has 4 rings (SSSR count). The molecule has 2 aromatic heterocycles. The van der Waals surface area contributed by atoms with E-state index in [4.69, 9.17) is 4.42 Å². The van der Waals surface area contributed by atoms with E-state index in [-0.39, 0.29) is 11.7 Å². The minimum atomic E-state index is -0.285. The minimum Gasteiger partial charge on any atom is -0.469 e. The first kappa shape index (κ1) is 19.1. The lowest BCUT2D eigenvalue weighted by atomic mass is 10.1. The van der Waals surface area contributed by atoms with Crippen molar-refractivity contribution in [3.63, 3.8) is 0 Å². The molecule has 2 heterocycles. The van der Waals surface area contributed by atoms with Crippen molar-refractivity contribution in [1.29, 1.82) is 0 Å². The number of amides is 1. The smallest absolute Gasteiger partial charge is 0.259 e. The van der Waals surface area contributed by atoms with E-state index >= 15 is 0 Å². The Morgan fingerprint density at radius 3 is 2.67 bits per heavy atom. The van der Waals surface area contributed by atoms with E-state index in [1.165, 1.54) is 12.3 Å². The summed E-state index contributed by atoms with van der Waals surface area (Å²) in [6.07, 6.45) is 6.37. The number of aromatic amines is 1. The molecule has 0 bridgehead atoms. The minimum absolute atomic E-state index is 0.175. The quantitative estimate of drug-likeness (QED) is 0.349. The van der Waals surface area contributed by atoms with Gasteiger partial charge >= 0.3 is 0 Å². The number of ketones is 1. The van der Waals surface area contributed by atoms with E-state index in [1.54, 1.807) is 49.5 Å². The van der Waals surface area contributed by atoms with Crippen LogP contribution in [0.2, 0.25) is 0 Å². The van der Waals surface area contributed by atoms with Crippen LogP contribution in [0, 0.1) is 6.92 Å². The SMILES string of the molecule is Cc1occc1C(=O)Nc1cccc(C(=O)/C=C/c2cn[nH]c2-c2ccccc2)c1. The van der Waals surface area contributed by atoms with Crippen LogP contribution in [0.25, 0.3) is 17.3 Å². The normalized spacial score (nSPS) is 11.0. The van der Waals surface area contributed by atoms with E-state index in [2.05, 4.69) is 15.5 Å². The van der Waals surface area contributed by atoms with Crippen molar-refractivity contribution in [2.75, 3.05) is 5.32 Å². The number of nitrogens with zero attached hydrogens (tertiary/aromatic N) is 1. The Morgan fingerprint density at radius 2 is 1.90 bits per heavy atom. The van der Waals surface area contributed by atoms with Crippen LogP contribution in [0.3, 0.4) is 0 Å². The number of carbonyl (C=O) groups excluding carboxylic acids is 2. The molecule has 4 aromatic rings. The Balaban J connectivity index is 1.50. The van der Waals surface area contributed by atoms with Crippen molar-refractivity contribution in [1.82, 2.24) is 10.2 Å². The van der Waals surface area contributed by atoms with Crippen molar-refractivity contribution < 1.29 is 14.0 Å². The zero-order chi connectivity index (χ0) is 20.9. The molecule has 148 valence electrons. The molecule has 6 nitrogen and oxygen atoms in total. The fourth-order valence-electron chi connectivity index (χ4n) is 3.09. The first-order valence-electron chi connectivity index (χ1n) is 9.38. The van der Waals surface area contributed by atoms with Crippen molar-refractivity contribution >= 4 is 23.5 Å². The number of hydrogen-bond donors (Lipinski definition) is 2. The highest BCUT2D eigenvalue weighted by atomic mass is 16.3. The van der Waals surface area contributed by atoms with Gasteiger partial charge in [0.15, 0.2) is 5.78 Å². The maximum absolute atomic E-state index is 12.7. The summed E-state index contributed by atoms with van der Waals surface area (Å²) in [6.45, 7) is 1.72. The topological polar surface area (TPSA) is 88.0 Å². The highest BCUT2D eigenvalue weighted by Gasteiger charge is 2.12. The van der Waals surface area contributed by atoms with Crippen molar-refractivity contribution in [2.24, 2.45) is 0 Å². The number of aryl methyl sites for hydroxylation is 1. The molecule has 1 amide bonds. The second kappa shape index (κ2) is 8.45. The van der Waals surface area contributed by atoms with Crippen LogP contribution in [0.1, 0.15) is 32.0 Å². The molecule has 0 fully saturated rings. The van der Waals surface area contributed by atoms with Crippen LogP contribution in [-0.4, -0.2) is 21.9 Å². The Kier molecular flexibility index (Phi) is 5.39. The van der Waals surface area contributed by atoms with Gasteiger partial charge in [-0.05, 0) is 37.3 Å². The molecule has 0 aliphatic rings. The van der Waals surface area contributed by atoms with Gasteiger partial charge in [0.25, 0.3) is 5.91 Å². The molecule has 6 heteroatoms. The highest BCUT2D eigenvalue weighted by molar-refractivity contribution is 6.09. The monoisotopic (exact) mass is 397 g/mol. The van der Waals surface area contributed by atoms with Gasteiger partial charge in [-0.15, -0.1) is 0 Å². The maximum atomic E-state index is 12.7. The molecule has 0 saturated heterocycles. The van der Waals surface area contributed by atoms with E-state index in [1.807, 2.05) is 30.3 Å². The Morgan fingerprint density at radius 1 is 1.07 bits per heavy atom. The summed E-state index contributed by atoms with van der Waals surface area (Å²) in [5, 5.41) is 9.84. The summed E-state index contributed by atoms with van der Waals surface area (Å²) < 4.78 is 5.16. The predicted octanol–water partition coefficient (Wildman–Crippen LogP) is 5.13. The number of H-pyrrole nitrogens is 1. The molecule has 0 aliphatic heterocycles. The lowest BCUT2D eigenvalue weighted by Gasteiger charge is -2.06. The number of rotatable bonds is 6. The zero-order valence-corrected chi connectivity index (χ0v) is 16.3. The van der Waals surface area contributed by atoms with Gasteiger partial charge in [0.1, 0.15) is 5.76 Å². The number of carbonyl (C=O) groups is 2. The Labute approximate surface area is 173 Å². The zero-order valence-electron chi connectivity index (χ0n) is 16.3. The summed E-state index contributed by atoms with van der Waals surface area (Å²) in [5.74, 6) is 0.0788. The number of benzene rings is 2. The molecule has 2 N–H and O–H groups in total. The molecule has 0 atom stereocenters. The van der Waals surface area contributed by atoms with Gasteiger partial charge in [0, 0.05) is 22.4 Å². The van der Waals surface area contributed by atoms with Gasteiger partial charge < -0.3 is 9.73 Å². The number of nitrogens with one attached hydrogen (secondary N) is 2. The molecule has 30 heavy (non-hydrogen) atoms. The average Bonchev–Trinajstić information content (AvgIpc) is 3.41. The van der Waals surface area contributed by atoms with Gasteiger partial charge in [-0.25, -0.2) is 0 Å². The average molecular weight is 397 g/mol. The van der Waals surface area contributed by atoms with Crippen LogP contribution in [0.5, 0.6) is 0 Å². The van der Waals surface area contributed by atoms with Crippen LogP contribution < -0.4 is 5.32 Å². The summed E-state index contributed by atoms with van der Waals surface area (Å²) in [6, 6.07) is 18.2. The van der Waals surface area contributed by atoms with Crippen LogP contribution >= 0.6 is 0 Å². The van der Waals surface area contributed by atoms with Gasteiger partial charge in [0.05, 0.1) is 23.7 Å². The number of allylic oxidation sites excluding steroid dienone is 1. The molecule has 0 radical (unpaired) electrons. The van der Waals surface area contributed by atoms with Crippen LogP contribution in [0.15, 0.2) is 83.6 Å². The van der Waals surface area contributed by atoms with Crippen molar-refractivity contribution in [3.8, 4) is 11.3 Å². The van der Waals surface area contributed by atoms with Crippen molar-refractivity contribution in [2.45, 2.75) is 6.92 Å². The van der Waals surface area contributed by atoms with Crippen LogP contribution in [0.4, 0.5) is 5.69 Å². The van der Waals surface area contributed by atoms with E-state index < -0.39 is 0 Å². The Bertz CT molecular complexity index is 1220. The molecule has 0 aliphatic carbocycles. The first-order chi connectivity index (χ1) is 14.6. The summed E-state index contributed by atoms with van der Waals surface area (Å²) >= 11 is 0. The first-order valence-corrected chi connectivity index (χ1v) is 9.38. The second-order valence-corrected chi connectivity index (χ2v) is 6.69. The van der Waals surface area contributed by atoms with Crippen LogP contribution in [-0.2, 0) is 0 Å². The van der Waals surface area contributed by atoms with Crippen molar-refractivity contribution in [3.05, 3.63) is 102 Å². The fraction of sp³-hybridized carbons (Fsp3) is 0.0417. The number of anilines is 1. The third kappa shape index (κ3) is 4.12. The molecular formula is C24H19N3O3. The van der Waals surface area contributed by atoms with E-state index in [9.17, 15) is 9.59 Å². The molecule has 0 saturated carbocycles. The van der Waals surface area contributed by atoms with Gasteiger partial charge in [-0.2, -0.15) is 5.10 Å². The lowest BCUT2D eigenvalue weighted by Crippen LogP contribution is -2.12. The predicted molar refractivity (Wildman–Crippen MR) is 115 cm³/mol. The molecule has 0 spiro atoms. The van der Waals surface area contributed by atoms with E-state index in [0.29, 0.717) is 22.6 Å². The number of aromatic nitrogens is 2. The number of furan rings is 1. The highest BCUT2D eigenvalue weighted by Crippen LogP contribution is 2.22. The number of hydrogen-bond acceptors (Lipinski definition) is 4. The lowest BCUT2D eigenvalue weighted by molar-refractivity contribution is 0.102. The van der Waals surface area contributed by atoms with E-state index in [0.717, 1.165) is 16.8 Å². The third-order valence-corrected chi connectivity index (χ3v) is 4.65. The summed E-state index contributed by atoms with van der Waals surface area (Å²) in [4.78, 5) is 25.0. The molecule has 2 aromatic carbocycles. The standard InChI is InChI=1S/C24H19N3O3/c1-16-21(12-13-30-16)24(29)26-20-9-5-8-18(14-20)22(28)11-10-19-15-25-27-23(19)17-6-3-2-4-7-17/h2-15H,1H3,(H,25,27)(H,26,29)/b11-10+.